The number of hydrogen-bond donors (Lipinski definition) is 1. The molecule has 0 aromatic rings. The van der Waals surface area contributed by atoms with Crippen molar-refractivity contribution in [3.63, 3.8) is 0 Å². The molecule has 0 rings (SSSR count). The SMILES string of the molecule is CCCP(=O)(CCO)N(C)CC. The first kappa shape index (κ1) is 12.2. The van der Waals surface area contributed by atoms with Gasteiger partial charge in [-0.15, -0.1) is 0 Å². The van der Waals surface area contributed by atoms with Crippen LogP contribution >= 0.6 is 7.29 Å². The lowest BCUT2D eigenvalue weighted by atomic mass is 10.6. The van der Waals surface area contributed by atoms with Gasteiger partial charge in [0, 0.05) is 18.9 Å². The summed E-state index contributed by atoms with van der Waals surface area (Å²) in [5.41, 5.74) is 0. The van der Waals surface area contributed by atoms with Crippen molar-refractivity contribution >= 4 is 7.29 Å². The van der Waals surface area contributed by atoms with Crippen molar-refractivity contribution in [2.45, 2.75) is 20.3 Å². The van der Waals surface area contributed by atoms with Crippen LogP contribution < -0.4 is 0 Å². The number of aliphatic hydroxyl groups is 1. The summed E-state index contributed by atoms with van der Waals surface area (Å²) < 4.78 is 14.0. The zero-order chi connectivity index (χ0) is 9.61. The van der Waals surface area contributed by atoms with Gasteiger partial charge in [-0.25, -0.2) is 0 Å². The fourth-order valence-corrected chi connectivity index (χ4v) is 3.65. The first-order valence-corrected chi connectivity index (χ1v) is 6.54. The summed E-state index contributed by atoms with van der Waals surface area (Å²) in [5.74, 6) is 0. The van der Waals surface area contributed by atoms with Crippen molar-refractivity contribution in [2.75, 3.05) is 32.5 Å². The molecule has 1 unspecified atom stereocenters. The fourth-order valence-electron chi connectivity index (χ4n) is 1.22. The van der Waals surface area contributed by atoms with Crippen molar-refractivity contribution in [3.8, 4) is 0 Å². The highest BCUT2D eigenvalue weighted by atomic mass is 31.2. The van der Waals surface area contributed by atoms with Gasteiger partial charge in [-0.1, -0.05) is 13.8 Å². The Morgan fingerprint density at radius 1 is 1.33 bits per heavy atom. The summed E-state index contributed by atoms with van der Waals surface area (Å²) in [5, 5.41) is 8.77. The Bertz CT molecular complexity index is 151. The van der Waals surface area contributed by atoms with E-state index in [1.54, 1.807) is 0 Å². The average molecular weight is 193 g/mol. The molecular formula is C8H20NO2P. The second kappa shape index (κ2) is 5.74. The van der Waals surface area contributed by atoms with E-state index in [-0.39, 0.29) is 6.61 Å². The van der Waals surface area contributed by atoms with Gasteiger partial charge in [0.1, 0.15) is 0 Å². The number of aliphatic hydroxyl groups excluding tert-OH is 1. The predicted molar refractivity (Wildman–Crippen MR) is 53.0 cm³/mol. The van der Waals surface area contributed by atoms with Crippen molar-refractivity contribution in [1.29, 1.82) is 0 Å². The van der Waals surface area contributed by atoms with Crippen molar-refractivity contribution in [2.24, 2.45) is 0 Å². The third-order valence-corrected chi connectivity index (χ3v) is 5.67. The second-order valence-corrected chi connectivity index (χ2v) is 6.26. The minimum absolute atomic E-state index is 0.0294. The third kappa shape index (κ3) is 3.26. The van der Waals surface area contributed by atoms with Gasteiger partial charge in [0.05, 0.1) is 6.61 Å². The Balaban J connectivity index is 4.27. The minimum atomic E-state index is -2.23. The van der Waals surface area contributed by atoms with E-state index in [0.717, 1.165) is 19.1 Å². The molecule has 4 heteroatoms. The summed E-state index contributed by atoms with van der Waals surface area (Å²) in [4.78, 5) is 0. The molecule has 0 aliphatic rings. The lowest BCUT2D eigenvalue weighted by Crippen LogP contribution is -2.19. The lowest BCUT2D eigenvalue weighted by molar-refractivity contribution is 0.315. The average Bonchev–Trinajstić information content (AvgIpc) is 2.04. The van der Waals surface area contributed by atoms with Crippen LogP contribution in [0.25, 0.3) is 0 Å². The fraction of sp³-hybridized carbons (Fsp3) is 1.00. The Morgan fingerprint density at radius 3 is 2.25 bits per heavy atom. The third-order valence-electron chi connectivity index (χ3n) is 2.10. The van der Waals surface area contributed by atoms with Gasteiger partial charge in [-0.2, -0.15) is 0 Å². The first-order valence-electron chi connectivity index (χ1n) is 4.51. The number of rotatable bonds is 6. The Kier molecular flexibility index (Phi) is 5.81. The topological polar surface area (TPSA) is 40.5 Å². The molecule has 0 saturated heterocycles. The molecule has 0 radical (unpaired) electrons. The van der Waals surface area contributed by atoms with Crippen molar-refractivity contribution in [3.05, 3.63) is 0 Å². The smallest absolute Gasteiger partial charge is 0.152 e. The van der Waals surface area contributed by atoms with E-state index in [0.29, 0.717) is 6.16 Å². The molecule has 0 aromatic heterocycles. The van der Waals surface area contributed by atoms with E-state index < -0.39 is 7.29 Å². The van der Waals surface area contributed by atoms with Crippen LogP contribution in [0.5, 0.6) is 0 Å². The normalized spacial score (nSPS) is 16.4. The molecule has 74 valence electrons. The molecule has 0 saturated carbocycles. The van der Waals surface area contributed by atoms with Crippen LogP contribution in [-0.2, 0) is 4.57 Å². The highest BCUT2D eigenvalue weighted by Gasteiger charge is 2.24. The summed E-state index contributed by atoms with van der Waals surface area (Å²) in [6.45, 7) is 4.83. The molecule has 0 heterocycles. The largest absolute Gasteiger partial charge is 0.396 e. The molecule has 0 aliphatic carbocycles. The Labute approximate surface area is 75.2 Å². The Morgan fingerprint density at radius 2 is 1.92 bits per heavy atom. The maximum Gasteiger partial charge on any atom is 0.152 e. The van der Waals surface area contributed by atoms with Gasteiger partial charge in [-0.05, 0) is 13.5 Å². The van der Waals surface area contributed by atoms with Crippen LogP contribution in [0.3, 0.4) is 0 Å². The quantitative estimate of drug-likeness (QED) is 0.651. The van der Waals surface area contributed by atoms with E-state index in [4.69, 9.17) is 5.11 Å². The zero-order valence-corrected chi connectivity index (χ0v) is 9.18. The monoisotopic (exact) mass is 193 g/mol. The van der Waals surface area contributed by atoms with E-state index in [9.17, 15) is 4.57 Å². The van der Waals surface area contributed by atoms with E-state index in [2.05, 4.69) is 0 Å². The van der Waals surface area contributed by atoms with Gasteiger partial charge in [0.2, 0.25) is 0 Å². The van der Waals surface area contributed by atoms with Gasteiger partial charge >= 0.3 is 0 Å². The molecule has 12 heavy (non-hydrogen) atoms. The van der Waals surface area contributed by atoms with E-state index in [1.807, 2.05) is 25.6 Å². The van der Waals surface area contributed by atoms with Crippen LogP contribution in [0.1, 0.15) is 20.3 Å². The minimum Gasteiger partial charge on any atom is -0.396 e. The first-order chi connectivity index (χ1) is 5.60. The molecule has 1 atom stereocenters. The number of hydrogen-bond acceptors (Lipinski definition) is 2. The van der Waals surface area contributed by atoms with Crippen LogP contribution in [0.4, 0.5) is 0 Å². The van der Waals surface area contributed by atoms with Crippen molar-refractivity contribution < 1.29 is 9.67 Å². The van der Waals surface area contributed by atoms with Gasteiger partial charge < -0.3 is 9.67 Å². The number of nitrogens with zero attached hydrogens (tertiary/aromatic N) is 1. The van der Waals surface area contributed by atoms with E-state index in [1.165, 1.54) is 0 Å². The standard InChI is InChI=1S/C8H20NO2P/c1-4-7-12(11,8-6-10)9(3)5-2/h10H,4-8H2,1-3H3. The van der Waals surface area contributed by atoms with Crippen LogP contribution in [-0.4, -0.2) is 42.3 Å². The highest BCUT2D eigenvalue weighted by Crippen LogP contribution is 2.48. The summed E-state index contributed by atoms with van der Waals surface area (Å²) in [7, 11) is -0.360. The molecule has 1 N–H and O–H groups in total. The molecule has 0 amide bonds. The maximum absolute atomic E-state index is 12.1. The highest BCUT2D eigenvalue weighted by molar-refractivity contribution is 7.61. The van der Waals surface area contributed by atoms with Crippen LogP contribution in [0.2, 0.25) is 0 Å². The summed E-state index contributed by atoms with van der Waals surface area (Å²) >= 11 is 0. The molecule has 3 nitrogen and oxygen atoms in total. The van der Waals surface area contributed by atoms with Gasteiger partial charge in [-0.3, -0.25) is 4.67 Å². The molecule has 0 spiro atoms. The molecule has 0 aromatic carbocycles. The summed E-state index contributed by atoms with van der Waals surface area (Å²) in [6, 6.07) is 0. The predicted octanol–water partition coefficient (Wildman–Crippen LogP) is 1.62. The second-order valence-electron chi connectivity index (χ2n) is 2.99. The van der Waals surface area contributed by atoms with Crippen LogP contribution in [0.15, 0.2) is 0 Å². The van der Waals surface area contributed by atoms with Gasteiger partial charge in [0.25, 0.3) is 0 Å². The van der Waals surface area contributed by atoms with E-state index >= 15 is 0 Å². The van der Waals surface area contributed by atoms with Crippen molar-refractivity contribution in [1.82, 2.24) is 4.67 Å². The lowest BCUT2D eigenvalue weighted by Gasteiger charge is -2.26. The maximum atomic E-state index is 12.1. The molecule has 0 fully saturated rings. The summed E-state index contributed by atoms with van der Waals surface area (Å²) in [6.07, 6.45) is 2.07. The molecule has 0 aliphatic heterocycles. The molecular weight excluding hydrogens is 173 g/mol. The van der Waals surface area contributed by atoms with Crippen LogP contribution in [0, 0.1) is 0 Å². The molecule has 0 bridgehead atoms. The zero-order valence-electron chi connectivity index (χ0n) is 8.29. The Hall–Kier alpha value is 0.150. The van der Waals surface area contributed by atoms with Gasteiger partial charge in [0.15, 0.2) is 7.29 Å².